The van der Waals surface area contributed by atoms with Crippen LogP contribution in [0.15, 0.2) is 34.5 Å². The molecular formula is C13H16BrNO2. The van der Waals surface area contributed by atoms with E-state index < -0.39 is 0 Å². The second-order valence-electron chi connectivity index (χ2n) is 3.85. The highest BCUT2D eigenvalue weighted by Gasteiger charge is 2.21. The molecule has 3 nitrogen and oxygen atoms in total. The molecule has 1 heterocycles. The summed E-state index contributed by atoms with van der Waals surface area (Å²) in [5.41, 5.74) is 1.13. The lowest BCUT2D eigenvalue weighted by atomic mass is 10.0. The van der Waals surface area contributed by atoms with Crippen LogP contribution in [0.3, 0.4) is 0 Å². The minimum atomic E-state index is 0.0713. The van der Waals surface area contributed by atoms with Gasteiger partial charge in [-0.3, -0.25) is 0 Å². The largest absolute Gasteiger partial charge is 0.497 e. The van der Waals surface area contributed by atoms with Gasteiger partial charge in [0.2, 0.25) is 0 Å². The van der Waals surface area contributed by atoms with Crippen LogP contribution in [0.25, 0.3) is 0 Å². The van der Waals surface area contributed by atoms with Crippen LogP contribution in [0.1, 0.15) is 18.0 Å². The topological polar surface area (TPSA) is 30.5 Å². The fourth-order valence-corrected chi connectivity index (χ4v) is 2.43. The van der Waals surface area contributed by atoms with E-state index >= 15 is 0 Å². The van der Waals surface area contributed by atoms with Crippen molar-refractivity contribution in [2.45, 2.75) is 12.5 Å². The molecule has 0 saturated carbocycles. The zero-order valence-corrected chi connectivity index (χ0v) is 11.6. The fraction of sp³-hybridized carbons (Fsp3) is 0.385. The zero-order valence-electron chi connectivity index (χ0n) is 10.00. The molecule has 0 radical (unpaired) electrons. The monoisotopic (exact) mass is 297 g/mol. The summed E-state index contributed by atoms with van der Waals surface area (Å²) in [7, 11) is 3.60. The van der Waals surface area contributed by atoms with Gasteiger partial charge in [-0.1, -0.05) is 15.9 Å². The maximum atomic E-state index is 5.63. The zero-order chi connectivity index (χ0) is 12.3. The van der Waals surface area contributed by atoms with Gasteiger partial charge in [0.05, 0.1) is 19.8 Å². The van der Waals surface area contributed by atoms with Crippen LogP contribution in [0.2, 0.25) is 0 Å². The minimum Gasteiger partial charge on any atom is -0.497 e. The van der Waals surface area contributed by atoms with Gasteiger partial charge in [-0.25, -0.2) is 0 Å². The number of hydrogen-bond donors (Lipinski definition) is 1. The van der Waals surface area contributed by atoms with Crippen LogP contribution >= 0.6 is 15.9 Å². The van der Waals surface area contributed by atoms with Crippen molar-refractivity contribution < 1.29 is 9.47 Å². The predicted molar refractivity (Wildman–Crippen MR) is 71.1 cm³/mol. The second-order valence-corrected chi connectivity index (χ2v) is 4.71. The van der Waals surface area contributed by atoms with Crippen LogP contribution < -0.4 is 10.1 Å². The van der Waals surface area contributed by atoms with Crippen LogP contribution in [0, 0.1) is 0 Å². The summed E-state index contributed by atoms with van der Waals surface area (Å²) in [6.07, 6.45) is 3.11. The average molecular weight is 298 g/mol. The Morgan fingerprint density at radius 2 is 2.29 bits per heavy atom. The van der Waals surface area contributed by atoms with E-state index in [0.29, 0.717) is 0 Å². The molecule has 4 heteroatoms. The first-order valence-electron chi connectivity index (χ1n) is 5.60. The van der Waals surface area contributed by atoms with E-state index in [1.165, 1.54) is 0 Å². The molecule has 17 heavy (non-hydrogen) atoms. The first-order chi connectivity index (χ1) is 8.26. The Balaban J connectivity index is 2.35. The van der Waals surface area contributed by atoms with Crippen molar-refractivity contribution in [2.24, 2.45) is 0 Å². The van der Waals surface area contributed by atoms with Gasteiger partial charge < -0.3 is 14.8 Å². The maximum absolute atomic E-state index is 5.63. The van der Waals surface area contributed by atoms with Crippen molar-refractivity contribution in [3.05, 3.63) is 40.1 Å². The molecule has 0 fully saturated rings. The highest BCUT2D eigenvalue weighted by molar-refractivity contribution is 9.10. The normalized spacial score (nSPS) is 16.3. The molecule has 2 rings (SSSR count). The molecule has 0 aromatic heterocycles. The van der Waals surface area contributed by atoms with Crippen molar-refractivity contribution in [3.63, 3.8) is 0 Å². The molecule has 1 aliphatic heterocycles. The van der Waals surface area contributed by atoms with Gasteiger partial charge in [-0.2, -0.15) is 0 Å². The molecule has 0 spiro atoms. The van der Waals surface area contributed by atoms with Crippen molar-refractivity contribution in [1.82, 2.24) is 5.32 Å². The molecule has 1 aliphatic rings. The third kappa shape index (κ3) is 2.64. The van der Waals surface area contributed by atoms with Gasteiger partial charge in [0.15, 0.2) is 0 Å². The minimum absolute atomic E-state index is 0.0713. The Hall–Kier alpha value is -1.00. The van der Waals surface area contributed by atoms with Crippen molar-refractivity contribution in [3.8, 4) is 5.75 Å². The van der Waals surface area contributed by atoms with E-state index in [1.54, 1.807) is 7.11 Å². The van der Waals surface area contributed by atoms with Crippen LogP contribution in [0.5, 0.6) is 5.75 Å². The van der Waals surface area contributed by atoms with E-state index in [-0.39, 0.29) is 6.04 Å². The van der Waals surface area contributed by atoms with Crippen molar-refractivity contribution in [1.29, 1.82) is 0 Å². The third-order valence-corrected chi connectivity index (χ3v) is 3.54. The molecule has 1 N–H and O–H groups in total. The lowest BCUT2D eigenvalue weighted by molar-refractivity contribution is 0.217. The van der Waals surface area contributed by atoms with E-state index in [2.05, 4.69) is 27.3 Å². The standard InChI is InChI=1S/C13H16BrNO2/c1-15-13(12-4-3-7-17-12)10-8-9(16-2)5-6-11(10)14/h4-6,8,13,15H,3,7H2,1-2H3. The van der Waals surface area contributed by atoms with E-state index in [4.69, 9.17) is 9.47 Å². The second kappa shape index (κ2) is 5.56. The summed E-state index contributed by atoms with van der Waals surface area (Å²) >= 11 is 3.57. The van der Waals surface area contributed by atoms with Gasteiger partial charge in [-0.15, -0.1) is 0 Å². The maximum Gasteiger partial charge on any atom is 0.119 e. The highest BCUT2D eigenvalue weighted by Crippen LogP contribution is 2.33. The summed E-state index contributed by atoms with van der Waals surface area (Å²) in [6.45, 7) is 0.773. The number of halogens is 1. The van der Waals surface area contributed by atoms with Gasteiger partial charge in [0.1, 0.15) is 11.5 Å². The number of likely N-dealkylation sites (N-methyl/N-ethyl adjacent to an activating group) is 1. The van der Waals surface area contributed by atoms with Crippen molar-refractivity contribution >= 4 is 15.9 Å². The lowest BCUT2D eigenvalue weighted by Gasteiger charge is -2.20. The smallest absolute Gasteiger partial charge is 0.119 e. The van der Waals surface area contributed by atoms with Gasteiger partial charge >= 0.3 is 0 Å². The van der Waals surface area contributed by atoms with E-state index in [1.807, 2.05) is 25.2 Å². The number of rotatable bonds is 4. The highest BCUT2D eigenvalue weighted by atomic mass is 79.9. The summed E-state index contributed by atoms with van der Waals surface area (Å²) in [5.74, 6) is 1.84. The molecule has 1 unspecified atom stereocenters. The molecule has 0 amide bonds. The molecule has 92 valence electrons. The van der Waals surface area contributed by atoms with E-state index in [0.717, 1.165) is 34.6 Å². The lowest BCUT2D eigenvalue weighted by Crippen LogP contribution is -2.19. The van der Waals surface area contributed by atoms with Crippen LogP contribution in [-0.2, 0) is 4.74 Å². The predicted octanol–water partition coefficient (Wildman–Crippen LogP) is 3.02. The quantitative estimate of drug-likeness (QED) is 0.927. The number of ether oxygens (including phenoxy) is 2. The number of nitrogens with one attached hydrogen (secondary N) is 1. The summed E-state index contributed by atoms with van der Waals surface area (Å²) in [4.78, 5) is 0. The Morgan fingerprint density at radius 1 is 1.47 bits per heavy atom. The Bertz CT molecular complexity index is 431. The Kier molecular flexibility index (Phi) is 4.07. The molecule has 1 aromatic rings. The van der Waals surface area contributed by atoms with Crippen LogP contribution in [0.4, 0.5) is 0 Å². The average Bonchev–Trinajstić information content (AvgIpc) is 2.86. The summed E-state index contributed by atoms with van der Waals surface area (Å²) in [5, 5.41) is 3.27. The first kappa shape index (κ1) is 12.5. The molecule has 0 aliphatic carbocycles. The SMILES string of the molecule is CNC(C1=CCCO1)c1cc(OC)ccc1Br. The van der Waals surface area contributed by atoms with Gasteiger partial charge in [0.25, 0.3) is 0 Å². The molecule has 0 bridgehead atoms. The fourth-order valence-electron chi connectivity index (χ4n) is 1.96. The first-order valence-corrected chi connectivity index (χ1v) is 6.39. The van der Waals surface area contributed by atoms with Gasteiger partial charge in [-0.05, 0) is 36.9 Å². The van der Waals surface area contributed by atoms with Crippen LogP contribution in [-0.4, -0.2) is 20.8 Å². The number of methoxy groups -OCH3 is 1. The number of hydrogen-bond acceptors (Lipinski definition) is 3. The Morgan fingerprint density at radius 3 is 2.88 bits per heavy atom. The van der Waals surface area contributed by atoms with Gasteiger partial charge in [0, 0.05) is 10.9 Å². The summed E-state index contributed by atoms with van der Waals surface area (Å²) in [6, 6.07) is 6.02. The molecule has 0 saturated heterocycles. The molecular weight excluding hydrogens is 282 g/mol. The summed E-state index contributed by atoms with van der Waals surface area (Å²) < 4.78 is 11.9. The molecule has 1 atom stereocenters. The third-order valence-electron chi connectivity index (χ3n) is 2.82. The Labute approximate surface area is 110 Å². The van der Waals surface area contributed by atoms with E-state index in [9.17, 15) is 0 Å². The number of benzene rings is 1. The van der Waals surface area contributed by atoms with Crippen molar-refractivity contribution in [2.75, 3.05) is 20.8 Å². The molecule has 1 aromatic carbocycles.